The molecule has 2 aromatic rings. The van der Waals surface area contributed by atoms with Crippen molar-refractivity contribution in [3.63, 3.8) is 0 Å². The van der Waals surface area contributed by atoms with E-state index in [0.29, 0.717) is 11.5 Å². The van der Waals surface area contributed by atoms with Crippen LogP contribution in [0.2, 0.25) is 0 Å². The fraction of sp³-hybridized carbons (Fsp3) is 0.500. The molecule has 1 aliphatic carbocycles. The molecule has 1 N–H and O–H groups in total. The van der Waals surface area contributed by atoms with E-state index in [1.165, 1.54) is 6.42 Å². The zero-order valence-corrected chi connectivity index (χ0v) is 13.1. The molecule has 7 heteroatoms. The predicted octanol–water partition coefficient (Wildman–Crippen LogP) is 1.59. The van der Waals surface area contributed by atoms with Crippen molar-refractivity contribution in [3.05, 3.63) is 35.1 Å². The van der Waals surface area contributed by atoms with Crippen LogP contribution in [0.25, 0.3) is 11.5 Å². The summed E-state index contributed by atoms with van der Waals surface area (Å²) in [5.41, 5.74) is 0.602. The molecule has 1 aliphatic rings. The van der Waals surface area contributed by atoms with Gasteiger partial charge in [0.15, 0.2) is 0 Å². The number of pyridine rings is 1. The van der Waals surface area contributed by atoms with Crippen LogP contribution < -0.4 is 11.1 Å². The highest BCUT2D eigenvalue weighted by atomic mass is 16.4. The number of carbonyl (C=O) groups excluding carboxylic acids is 1. The van der Waals surface area contributed by atoms with Gasteiger partial charge in [0, 0.05) is 18.4 Å². The monoisotopic (exact) mass is 316 g/mol. The van der Waals surface area contributed by atoms with Gasteiger partial charge in [0.05, 0.1) is 5.56 Å². The van der Waals surface area contributed by atoms with E-state index in [4.69, 9.17) is 4.42 Å². The quantitative estimate of drug-likeness (QED) is 0.925. The minimum absolute atomic E-state index is 0.133. The van der Waals surface area contributed by atoms with Gasteiger partial charge in [-0.05, 0) is 30.9 Å². The van der Waals surface area contributed by atoms with Gasteiger partial charge in [0.2, 0.25) is 5.91 Å². The lowest BCUT2D eigenvalue weighted by Crippen LogP contribution is -2.43. The molecule has 0 radical (unpaired) electrons. The third kappa shape index (κ3) is 3.67. The highest BCUT2D eigenvalue weighted by Gasteiger charge is 2.23. The number of rotatable bonds is 4. The standard InChI is InChI=1S/C16H20N4O3/c1-11-5-2-3-7-13(11)18-14(21)10-20-16(22)23-15(19-20)12-6-4-8-17-9-12/h4,6,8-9,11,13H,2-3,5,7,10H2,1H3,(H,18,21)/t11-,13-/m0/s1. The maximum absolute atomic E-state index is 12.2. The molecule has 0 aliphatic heterocycles. The summed E-state index contributed by atoms with van der Waals surface area (Å²) in [6.07, 6.45) is 7.63. The van der Waals surface area contributed by atoms with Gasteiger partial charge in [-0.25, -0.2) is 4.79 Å². The average Bonchev–Trinajstić information content (AvgIpc) is 2.91. The number of hydrogen-bond donors (Lipinski definition) is 1. The zero-order valence-electron chi connectivity index (χ0n) is 13.1. The Kier molecular flexibility index (Phi) is 4.55. The summed E-state index contributed by atoms with van der Waals surface area (Å²) >= 11 is 0. The van der Waals surface area contributed by atoms with E-state index in [0.717, 1.165) is 23.9 Å². The Bertz CT molecular complexity index is 722. The molecule has 0 saturated heterocycles. The molecule has 2 aromatic heterocycles. The Hall–Kier alpha value is -2.44. The van der Waals surface area contributed by atoms with Gasteiger partial charge in [-0.2, -0.15) is 4.68 Å². The summed E-state index contributed by atoms with van der Waals surface area (Å²) in [7, 11) is 0. The molecule has 0 spiro atoms. The smallest absolute Gasteiger partial charge is 0.388 e. The van der Waals surface area contributed by atoms with Gasteiger partial charge in [-0.3, -0.25) is 9.78 Å². The molecule has 3 rings (SSSR count). The van der Waals surface area contributed by atoms with Crippen LogP contribution in [0.4, 0.5) is 0 Å². The summed E-state index contributed by atoms with van der Waals surface area (Å²) in [5.74, 6) is -0.220. The van der Waals surface area contributed by atoms with Crippen LogP contribution in [0.1, 0.15) is 32.6 Å². The predicted molar refractivity (Wildman–Crippen MR) is 83.6 cm³/mol. The van der Waals surface area contributed by atoms with E-state index in [9.17, 15) is 9.59 Å². The molecule has 0 unspecified atom stereocenters. The molecule has 2 atom stereocenters. The summed E-state index contributed by atoms with van der Waals surface area (Å²) in [6.45, 7) is 2.01. The maximum atomic E-state index is 12.2. The van der Waals surface area contributed by atoms with Crippen LogP contribution in [-0.2, 0) is 11.3 Å². The first-order valence-electron chi connectivity index (χ1n) is 7.91. The largest absolute Gasteiger partial charge is 0.437 e. The van der Waals surface area contributed by atoms with Crippen LogP contribution >= 0.6 is 0 Å². The van der Waals surface area contributed by atoms with Crippen molar-refractivity contribution in [2.45, 2.75) is 45.2 Å². The molecule has 1 saturated carbocycles. The molecule has 7 nitrogen and oxygen atoms in total. The molecule has 1 fully saturated rings. The third-order valence-electron chi connectivity index (χ3n) is 4.27. The second-order valence-corrected chi connectivity index (χ2v) is 6.01. The van der Waals surface area contributed by atoms with E-state index in [-0.39, 0.29) is 24.4 Å². The molecule has 0 bridgehead atoms. The maximum Gasteiger partial charge on any atom is 0.437 e. The Morgan fingerprint density at radius 3 is 3.00 bits per heavy atom. The first-order chi connectivity index (χ1) is 11.1. The second kappa shape index (κ2) is 6.76. The van der Waals surface area contributed by atoms with Gasteiger partial charge in [-0.15, -0.1) is 5.10 Å². The van der Waals surface area contributed by atoms with E-state index in [2.05, 4.69) is 22.3 Å². The molecular weight excluding hydrogens is 296 g/mol. The van der Waals surface area contributed by atoms with Gasteiger partial charge < -0.3 is 9.73 Å². The third-order valence-corrected chi connectivity index (χ3v) is 4.27. The fourth-order valence-corrected chi connectivity index (χ4v) is 2.93. The first-order valence-corrected chi connectivity index (χ1v) is 7.91. The van der Waals surface area contributed by atoms with Gasteiger partial charge in [0.25, 0.3) is 5.89 Å². The SMILES string of the molecule is C[C@H]1CCCC[C@@H]1NC(=O)Cn1nc(-c2cccnc2)oc1=O. The van der Waals surface area contributed by atoms with E-state index < -0.39 is 5.76 Å². The topological polar surface area (TPSA) is 90.0 Å². The molecular formula is C16H20N4O3. The van der Waals surface area contributed by atoms with Crippen molar-refractivity contribution in [2.75, 3.05) is 0 Å². The Morgan fingerprint density at radius 1 is 1.43 bits per heavy atom. The van der Waals surface area contributed by atoms with Crippen LogP contribution in [0.5, 0.6) is 0 Å². The normalized spacial score (nSPS) is 21.1. The van der Waals surface area contributed by atoms with Crippen LogP contribution in [0.15, 0.2) is 33.7 Å². The van der Waals surface area contributed by atoms with E-state index in [1.54, 1.807) is 24.5 Å². The minimum Gasteiger partial charge on any atom is -0.388 e. The Balaban J connectivity index is 1.67. The van der Waals surface area contributed by atoms with Crippen LogP contribution in [0.3, 0.4) is 0 Å². The highest BCUT2D eigenvalue weighted by molar-refractivity contribution is 5.76. The number of aromatic nitrogens is 3. The van der Waals surface area contributed by atoms with Crippen molar-refractivity contribution in [1.29, 1.82) is 0 Å². The van der Waals surface area contributed by atoms with Gasteiger partial charge in [0.1, 0.15) is 6.54 Å². The molecule has 122 valence electrons. The molecule has 23 heavy (non-hydrogen) atoms. The van der Waals surface area contributed by atoms with Crippen molar-refractivity contribution in [1.82, 2.24) is 20.1 Å². The molecule has 2 heterocycles. The minimum atomic E-state index is -0.643. The Morgan fingerprint density at radius 2 is 2.26 bits per heavy atom. The lowest BCUT2D eigenvalue weighted by atomic mass is 9.86. The van der Waals surface area contributed by atoms with Gasteiger partial charge >= 0.3 is 5.76 Å². The number of hydrogen-bond acceptors (Lipinski definition) is 5. The van der Waals surface area contributed by atoms with Gasteiger partial charge in [-0.1, -0.05) is 19.8 Å². The van der Waals surface area contributed by atoms with Crippen molar-refractivity contribution < 1.29 is 9.21 Å². The average molecular weight is 316 g/mol. The zero-order chi connectivity index (χ0) is 16.2. The molecule has 1 amide bonds. The molecule has 0 aromatic carbocycles. The summed E-state index contributed by atoms with van der Waals surface area (Å²) in [5, 5.41) is 7.07. The van der Waals surface area contributed by atoms with E-state index in [1.807, 2.05) is 0 Å². The first kappa shape index (κ1) is 15.5. The van der Waals surface area contributed by atoms with Crippen LogP contribution in [-0.4, -0.2) is 26.7 Å². The second-order valence-electron chi connectivity index (χ2n) is 6.01. The summed E-state index contributed by atoms with van der Waals surface area (Å²) in [6, 6.07) is 3.65. The Labute approximate surface area is 133 Å². The number of amides is 1. The fourth-order valence-electron chi connectivity index (χ4n) is 2.93. The lowest BCUT2D eigenvalue weighted by Gasteiger charge is -2.29. The lowest BCUT2D eigenvalue weighted by molar-refractivity contribution is -0.123. The number of nitrogens with zero attached hydrogens (tertiary/aromatic N) is 3. The summed E-state index contributed by atoms with van der Waals surface area (Å²) < 4.78 is 6.14. The number of nitrogens with one attached hydrogen (secondary N) is 1. The highest BCUT2D eigenvalue weighted by Crippen LogP contribution is 2.23. The number of carbonyl (C=O) groups is 1. The van der Waals surface area contributed by atoms with Crippen molar-refractivity contribution in [2.24, 2.45) is 5.92 Å². The van der Waals surface area contributed by atoms with Crippen molar-refractivity contribution >= 4 is 5.91 Å². The van der Waals surface area contributed by atoms with Crippen LogP contribution in [0, 0.1) is 5.92 Å². The summed E-state index contributed by atoms with van der Waals surface area (Å²) in [4.78, 5) is 28.0. The van der Waals surface area contributed by atoms with E-state index >= 15 is 0 Å². The van der Waals surface area contributed by atoms with Crippen molar-refractivity contribution in [3.8, 4) is 11.5 Å².